The second kappa shape index (κ2) is 7.45. The minimum atomic E-state index is -1.43. The van der Waals surface area contributed by atoms with Crippen molar-refractivity contribution in [3.05, 3.63) is 35.4 Å². The molecule has 7 rings (SSSR count). The molecule has 4 bridgehead atoms. The van der Waals surface area contributed by atoms with Gasteiger partial charge in [-0.3, -0.25) is 0 Å². The standard InChI is InChI=1S/C24H32O8/c1-29-24(23(31-32-24)16-6-12-5-13(8-16)9-17(23)7-12)15-4-2-3-14(10-15)22-21(28)20(27)19(26)18(11-25)30-22/h2-4,10,12-13,16-22,25-28H,5-9,11H2,1H3/t12?,13?,16?,17?,18-,19+,20+,21-,22+,23?,24?/m1/s1. The Hall–Kier alpha value is -1.10. The Morgan fingerprint density at radius 3 is 2.19 bits per heavy atom. The van der Waals surface area contributed by atoms with Crippen LogP contribution in [0, 0.1) is 23.7 Å². The lowest BCUT2D eigenvalue weighted by Crippen LogP contribution is -2.76. The molecule has 6 atom stereocenters. The molecule has 4 aliphatic carbocycles. The molecule has 2 aliphatic heterocycles. The van der Waals surface area contributed by atoms with Crippen molar-refractivity contribution in [2.24, 2.45) is 23.7 Å². The first-order valence-electron chi connectivity index (χ1n) is 11.8. The van der Waals surface area contributed by atoms with Gasteiger partial charge >= 0.3 is 0 Å². The summed E-state index contributed by atoms with van der Waals surface area (Å²) in [5, 5.41) is 40.5. The van der Waals surface area contributed by atoms with Crippen molar-refractivity contribution in [3.8, 4) is 0 Å². The fourth-order valence-electron chi connectivity index (χ4n) is 7.65. The maximum atomic E-state index is 10.6. The SMILES string of the molecule is COC1(c2cccc([C@@H]3O[C@H](CO)[C@H](O)[C@H](O)[C@H]3O)c2)OOC12C1CC3CC(C1)CC2C3. The number of ether oxygens (including phenoxy) is 2. The molecule has 1 aromatic carbocycles. The molecule has 32 heavy (non-hydrogen) atoms. The zero-order valence-electron chi connectivity index (χ0n) is 18.2. The van der Waals surface area contributed by atoms with Gasteiger partial charge in [-0.2, -0.15) is 4.89 Å². The second-order valence-corrected chi connectivity index (χ2v) is 10.5. The van der Waals surface area contributed by atoms with Gasteiger partial charge in [-0.1, -0.05) is 18.2 Å². The van der Waals surface area contributed by atoms with Gasteiger partial charge in [0.2, 0.25) is 0 Å². The normalized spacial score (nSPS) is 51.7. The first-order valence-corrected chi connectivity index (χ1v) is 11.8. The van der Waals surface area contributed by atoms with Crippen LogP contribution in [-0.4, -0.2) is 64.2 Å². The quantitative estimate of drug-likeness (QED) is 0.507. The maximum Gasteiger partial charge on any atom is 0.260 e. The number of benzene rings is 1. The van der Waals surface area contributed by atoms with Crippen LogP contribution >= 0.6 is 0 Å². The highest BCUT2D eigenvalue weighted by molar-refractivity contribution is 5.35. The third-order valence-corrected chi connectivity index (χ3v) is 8.94. The average Bonchev–Trinajstić information content (AvgIpc) is 2.77. The van der Waals surface area contributed by atoms with Crippen molar-refractivity contribution in [2.45, 2.75) is 74.0 Å². The molecule has 1 unspecified atom stereocenters. The minimum absolute atomic E-state index is 0.378. The molecular formula is C24H32O8. The molecule has 0 amide bonds. The molecule has 1 spiro atoms. The highest BCUT2D eigenvalue weighted by Crippen LogP contribution is 2.69. The zero-order chi connectivity index (χ0) is 22.3. The molecule has 4 N–H and O–H groups in total. The van der Waals surface area contributed by atoms with E-state index >= 15 is 0 Å². The van der Waals surface area contributed by atoms with Crippen LogP contribution in [0.1, 0.15) is 49.3 Å². The summed E-state index contributed by atoms with van der Waals surface area (Å²) in [7, 11) is 1.65. The van der Waals surface area contributed by atoms with Gasteiger partial charge in [-0.25, -0.2) is 4.89 Å². The summed E-state index contributed by atoms with van der Waals surface area (Å²) < 4.78 is 11.9. The molecule has 2 saturated heterocycles. The second-order valence-electron chi connectivity index (χ2n) is 10.5. The van der Waals surface area contributed by atoms with Gasteiger partial charge in [0.05, 0.1) is 6.61 Å². The van der Waals surface area contributed by atoms with Crippen LogP contribution in [0.3, 0.4) is 0 Å². The molecule has 0 radical (unpaired) electrons. The molecule has 8 nitrogen and oxygen atoms in total. The maximum absolute atomic E-state index is 10.6. The number of rotatable bonds is 4. The summed E-state index contributed by atoms with van der Waals surface area (Å²) in [6.07, 6.45) is -0.160. The fraction of sp³-hybridized carbons (Fsp3) is 0.750. The lowest BCUT2D eigenvalue weighted by molar-refractivity contribution is -0.645. The van der Waals surface area contributed by atoms with E-state index in [0.29, 0.717) is 17.4 Å². The Bertz CT molecular complexity index is 841. The molecule has 1 aromatic rings. The van der Waals surface area contributed by atoms with Crippen LogP contribution in [0.2, 0.25) is 0 Å². The molecular weight excluding hydrogens is 416 g/mol. The van der Waals surface area contributed by atoms with E-state index < -0.39 is 48.5 Å². The van der Waals surface area contributed by atoms with Crippen molar-refractivity contribution in [1.82, 2.24) is 0 Å². The Morgan fingerprint density at radius 1 is 0.938 bits per heavy atom. The number of aliphatic hydroxyl groups is 4. The summed E-state index contributed by atoms with van der Waals surface area (Å²) >= 11 is 0. The minimum Gasteiger partial charge on any atom is -0.394 e. The van der Waals surface area contributed by atoms with Crippen molar-refractivity contribution in [2.75, 3.05) is 13.7 Å². The third-order valence-electron chi connectivity index (χ3n) is 8.94. The number of hydrogen-bond acceptors (Lipinski definition) is 8. The van der Waals surface area contributed by atoms with Crippen molar-refractivity contribution < 1.29 is 39.7 Å². The largest absolute Gasteiger partial charge is 0.394 e. The van der Waals surface area contributed by atoms with Crippen LogP contribution in [-0.2, 0) is 25.0 Å². The third kappa shape index (κ3) is 2.66. The molecule has 6 aliphatic rings. The van der Waals surface area contributed by atoms with Crippen LogP contribution < -0.4 is 0 Å². The van der Waals surface area contributed by atoms with E-state index in [2.05, 4.69) is 0 Å². The van der Waals surface area contributed by atoms with E-state index in [0.717, 1.165) is 43.1 Å². The monoisotopic (exact) mass is 448 g/mol. The summed E-state index contributed by atoms with van der Waals surface area (Å²) in [4.78, 5) is 11.8. The Balaban J connectivity index is 1.36. The summed E-state index contributed by atoms with van der Waals surface area (Å²) in [5.41, 5.74) is 0.877. The molecule has 4 saturated carbocycles. The van der Waals surface area contributed by atoms with E-state index in [-0.39, 0.29) is 0 Å². The predicted octanol–water partition coefficient (Wildman–Crippen LogP) is 1.16. The fourth-order valence-corrected chi connectivity index (χ4v) is 7.65. The van der Waals surface area contributed by atoms with Gasteiger partial charge in [-0.15, -0.1) is 0 Å². The molecule has 2 heterocycles. The van der Waals surface area contributed by atoms with Crippen LogP contribution in [0.25, 0.3) is 0 Å². The summed E-state index contributed by atoms with van der Waals surface area (Å²) in [5.74, 6) is 1.25. The van der Waals surface area contributed by atoms with E-state index in [1.165, 1.54) is 6.42 Å². The Kier molecular flexibility index (Phi) is 4.99. The van der Waals surface area contributed by atoms with Gasteiger partial charge in [0, 0.05) is 12.7 Å². The van der Waals surface area contributed by atoms with Crippen LogP contribution in [0.5, 0.6) is 0 Å². The van der Waals surface area contributed by atoms with E-state index in [9.17, 15) is 20.4 Å². The van der Waals surface area contributed by atoms with Gasteiger partial charge in [-0.05, 0) is 67.4 Å². The van der Waals surface area contributed by atoms with Crippen molar-refractivity contribution in [3.63, 3.8) is 0 Å². The number of hydrogen-bond donors (Lipinski definition) is 4. The number of aliphatic hydroxyl groups excluding tert-OH is 4. The van der Waals surface area contributed by atoms with E-state index in [1.54, 1.807) is 13.2 Å². The Labute approximate surface area is 187 Å². The highest BCUT2D eigenvalue weighted by atomic mass is 17.3. The highest BCUT2D eigenvalue weighted by Gasteiger charge is 2.76. The van der Waals surface area contributed by atoms with Crippen molar-refractivity contribution >= 4 is 0 Å². The van der Waals surface area contributed by atoms with E-state index in [1.807, 2.05) is 18.2 Å². The molecule has 8 heteroatoms. The Morgan fingerprint density at radius 2 is 1.62 bits per heavy atom. The number of methoxy groups -OCH3 is 1. The van der Waals surface area contributed by atoms with Gasteiger partial charge < -0.3 is 29.9 Å². The first-order chi connectivity index (χ1) is 15.4. The molecule has 176 valence electrons. The van der Waals surface area contributed by atoms with E-state index in [4.69, 9.17) is 19.2 Å². The predicted molar refractivity (Wildman–Crippen MR) is 110 cm³/mol. The van der Waals surface area contributed by atoms with Crippen molar-refractivity contribution in [1.29, 1.82) is 0 Å². The average molecular weight is 449 g/mol. The smallest absolute Gasteiger partial charge is 0.260 e. The molecule has 0 aromatic heterocycles. The van der Waals surface area contributed by atoms with Gasteiger partial charge in [0.15, 0.2) is 5.60 Å². The molecule has 6 fully saturated rings. The lowest BCUT2D eigenvalue weighted by Gasteiger charge is -2.68. The zero-order valence-corrected chi connectivity index (χ0v) is 18.2. The summed E-state index contributed by atoms with van der Waals surface area (Å²) in [6, 6.07) is 7.44. The summed E-state index contributed by atoms with van der Waals surface area (Å²) in [6.45, 7) is -0.463. The van der Waals surface area contributed by atoms with Crippen LogP contribution in [0.15, 0.2) is 24.3 Å². The first kappa shape index (κ1) is 21.4. The lowest BCUT2D eigenvalue weighted by atomic mass is 9.47. The van der Waals surface area contributed by atoms with Gasteiger partial charge in [0.25, 0.3) is 5.79 Å². The van der Waals surface area contributed by atoms with Gasteiger partial charge in [0.1, 0.15) is 30.5 Å². The topological polar surface area (TPSA) is 118 Å². The van der Waals surface area contributed by atoms with Crippen LogP contribution in [0.4, 0.5) is 0 Å².